The van der Waals surface area contributed by atoms with Gasteiger partial charge in [-0.1, -0.05) is 11.3 Å². The van der Waals surface area contributed by atoms with Crippen molar-refractivity contribution in [1.29, 1.82) is 0 Å². The van der Waals surface area contributed by atoms with Gasteiger partial charge in [-0.2, -0.15) is 0 Å². The highest BCUT2D eigenvalue weighted by molar-refractivity contribution is 8.18. The van der Waals surface area contributed by atoms with E-state index in [1.54, 1.807) is 12.3 Å². The number of aromatic nitrogens is 1. The number of hydrogen-bond acceptors (Lipinski definition) is 9. The lowest BCUT2D eigenvalue weighted by molar-refractivity contribution is -0.115. The first-order valence-corrected chi connectivity index (χ1v) is 11.7. The number of thiazole rings is 1. The Morgan fingerprint density at radius 3 is 2.84 bits per heavy atom. The second-order valence-electron chi connectivity index (χ2n) is 7.52. The topological polar surface area (TPSA) is 96.1 Å². The van der Waals surface area contributed by atoms with Gasteiger partial charge < -0.3 is 20.7 Å². The molecule has 4 rings (SSSR count). The third kappa shape index (κ3) is 5.85. The standard InChI is InChI=1S/C21H26N6O2S2/c1-14-11-15(29-10-9-27-7-5-26(2)6-8-27)3-4-17(14)24-21-25-19(28)18(31-21)12-16-13-23-20(22)30-16/h3-4,11-13H,5-10H2,1-2H3,(H2,22,23)(H,24,25,28). The number of anilines is 1. The maximum Gasteiger partial charge on any atom is 0.264 e. The van der Waals surface area contributed by atoms with Gasteiger partial charge in [0.1, 0.15) is 12.4 Å². The number of hydrogen-bond donors (Lipinski definition) is 2. The Morgan fingerprint density at radius 1 is 1.32 bits per heavy atom. The summed E-state index contributed by atoms with van der Waals surface area (Å²) in [6, 6.07) is 5.84. The van der Waals surface area contributed by atoms with E-state index in [-0.39, 0.29) is 5.91 Å². The van der Waals surface area contributed by atoms with E-state index in [4.69, 9.17) is 10.5 Å². The van der Waals surface area contributed by atoms with E-state index >= 15 is 0 Å². The third-order valence-electron chi connectivity index (χ3n) is 5.13. The molecule has 3 heterocycles. The molecule has 1 aromatic heterocycles. The molecular formula is C21H26N6O2S2. The first-order valence-electron chi connectivity index (χ1n) is 10.1. The van der Waals surface area contributed by atoms with Crippen molar-refractivity contribution in [1.82, 2.24) is 20.1 Å². The van der Waals surface area contributed by atoms with Crippen LogP contribution in [-0.2, 0) is 4.79 Å². The molecule has 2 fully saturated rings. The molecule has 3 N–H and O–H groups in total. The van der Waals surface area contributed by atoms with Crippen LogP contribution in [0.3, 0.4) is 0 Å². The number of nitrogens with zero attached hydrogens (tertiary/aromatic N) is 4. The molecule has 0 spiro atoms. The number of nitrogen functional groups attached to an aromatic ring is 1. The average molecular weight is 459 g/mol. The summed E-state index contributed by atoms with van der Waals surface area (Å²) in [7, 11) is 2.16. The SMILES string of the molecule is Cc1cc(OCCN2CCN(C)CC2)ccc1N=C1NC(=O)C(=Cc2cnc(N)s2)S1. The Bertz CT molecular complexity index is 1010. The van der Waals surface area contributed by atoms with Gasteiger partial charge in [0, 0.05) is 38.9 Å². The number of benzene rings is 1. The van der Waals surface area contributed by atoms with Crippen LogP contribution in [0.1, 0.15) is 10.4 Å². The first-order chi connectivity index (χ1) is 15.0. The van der Waals surface area contributed by atoms with E-state index in [2.05, 4.69) is 32.1 Å². The van der Waals surface area contributed by atoms with Crippen LogP contribution in [0.2, 0.25) is 0 Å². The monoisotopic (exact) mass is 458 g/mol. The molecule has 1 amide bonds. The zero-order valence-corrected chi connectivity index (χ0v) is 19.3. The van der Waals surface area contributed by atoms with Crippen LogP contribution in [0, 0.1) is 6.92 Å². The quantitative estimate of drug-likeness (QED) is 0.642. The Morgan fingerprint density at radius 2 is 2.13 bits per heavy atom. The summed E-state index contributed by atoms with van der Waals surface area (Å²) in [6.45, 7) is 7.98. The summed E-state index contributed by atoms with van der Waals surface area (Å²) < 4.78 is 5.94. The van der Waals surface area contributed by atoms with Crippen LogP contribution in [0.4, 0.5) is 10.8 Å². The maximum atomic E-state index is 12.2. The fourth-order valence-corrected chi connectivity index (χ4v) is 4.82. The number of ether oxygens (including phenoxy) is 1. The Hall–Kier alpha value is -2.40. The van der Waals surface area contributed by atoms with E-state index < -0.39 is 0 Å². The highest BCUT2D eigenvalue weighted by Crippen LogP contribution is 2.31. The second-order valence-corrected chi connectivity index (χ2v) is 9.65. The van der Waals surface area contributed by atoms with E-state index in [9.17, 15) is 4.79 Å². The van der Waals surface area contributed by atoms with Crippen LogP contribution in [0.25, 0.3) is 6.08 Å². The normalized spacial score (nSPS) is 20.5. The number of thioether (sulfide) groups is 1. The predicted molar refractivity (Wildman–Crippen MR) is 128 cm³/mol. The van der Waals surface area contributed by atoms with Crippen molar-refractivity contribution in [3.63, 3.8) is 0 Å². The minimum Gasteiger partial charge on any atom is -0.492 e. The molecule has 164 valence electrons. The van der Waals surface area contributed by atoms with Gasteiger partial charge in [0.05, 0.1) is 15.5 Å². The molecule has 0 radical (unpaired) electrons. The van der Waals surface area contributed by atoms with Crippen molar-refractivity contribution < 1.29 is 9.53 Å². The Kier molecular flexibility index (Phi) is 6.91. The molecule has 2 aromatic rings. The zero-order chi connectivity index (χ0) is 21.8. The molecule has 1 aromatic carbocycles. The maximum absolute atomic E-state index is 12.2. The van der Waals surface area contributed by atoms with Crippen molar-refractivity contribution in [2.45, 2.75) is 6.92 Å². The summed E-state index contributed by atoms with van der Waals surface area (Å²) in [5, 5.41) is 3.85. The van der Waals surface area contributed by atoms with Gasteiger partial charge in [0.2, 0.25) is 0 Å². The molecule has 10 heteroatoms. The number of amidine groups is 1. The zero-order valence-electron chi connectivity index (χ0n) is 17.6. The molecule has 31 heavy (non-hydrogen) atoms. The van der Waals surface area contributed by atoms with E-state index in [1.165, 1.54) is 23.1 Å². The number of nitrogens with two attached hydrogens (primary N) is 1. The van der Waals surface area contributed by atoms with Crippen LogP contribution in [-0.4, -0.2) is 72.2 Å². The van der Waals surface area contributed by atoms with Crippen LogP contribution < -0.4 is 15.8 Å². The number of piperazine rings is 1. The molecule has 0 aliphatic carbocycles. The van der Waals surface area contributed by atoms with E-state index in [0.717, 1.165) is 54.6 Å². The molecule has 2 aliphatic heterocycles. The summed E-state index contributed by atoms with van der Waals surface area (Å²) in [6.07, 6.45) is 3.43. The third-order valence-corrected chi connectivity index (χ3v) is 6.81. The lowest BCUT2D eigenvalue weighted by Crippen LogP contribution is -2.45. The van der Waals surface area contributed by atoms with Gasteiger partial charge in [-0.15, -0.1) is 0 Å². The fraction of sp³-hybridized carbons (Fsp3) is 0.381. The highest BCUT2D eigenvalue weighted by atomic mass is 32.2. The summed E-state index contributed by atoms with van der Waals surface area (Å²) in [5.74, 6) is 0.666. The van der Waals surface area contributed by atoms with Gasteiger partial charge in [0.25, 0.3) is 5.91 Å². The number of likely N-dealkylation sites (N-methyl/N-ethyl adjacent to an activating group) is 1. The van der Waals surface area contributed by atoms with Crippen molar-refractivity contribution >= 4 is 51.1 Å². The van der Waals surface area contributed by atoms with Gasteiger partial charge in [-0.25, -0.2) is 9.98 Å². The number of aliphatic imine (C=N–C) groups is 1. The largest absolute Gasteiger partial charge is 0.492 e. The van der Waals surface area contributed by atoms with Crippen LogP contribution in [0.15, 0.2) is 34.3 Å². The summed E-state index contributed by atoms with van der Waals surface area (Å²) in [4.78, 5) is 27.0. The number of aryl methyl sites for hydroxylation is 1. The first kappa shape index (κ1) is 21.8. The Balaban J connectivity index is 1.34. The number of carbonyl (C=O) groups excluding carboxylic acids is 1. The molecule has 0 atom stereocenters. The highest BCUT2D eigenvalue weighted by Gasteiger charge is 2.24. The van der Waals surface area contributed by atoms with Gasteiger partial charge in [-0.3, -0.25) is 9.69 Å². The smallest absolute Gasteiger partial charge is 0.264 e. The number of amides is 1. The van der Waals surface area contributed by atoms with Crippen molar-refractivity contribution in [3.05, 3.63) is 39.7 Å². The van der Waals surface area contributed by atoms with Crippen molar-refractivity contribution in [2.24, 2.45) is 4.99 Å². The van der Waals surface area contributed by atoms with Crippen LogP contribution >= 0.6 is 23.1 Å². The molecular weight excluding hydrogens is 432 g/mol. The molecule has 8 nitrogen and oxygen atoms in total. The van der Waals surface area contributed by atoms with Crippen molar-refractivity contribution in [2.75, 3.05) is 52.1 Å². The van der Waals surface area contributed by atoms with Crippen molar-refractivity contribution in [3.8, 4) is 5.75 Å². The molecule has 0 unspecified atom stereocenters. The summed E-state index contributed by atoms with van der Waals surface area (Å²) in [5.41, 5.74) is 7.45. The van der Waals surface area contributed by atoms with Gasteiger partial charge in [-0.05, 0) is 55.6 Å². The lowest BCUT2D eigenvalue weighted by Gasteiger charge is -2.32. The van der Waals surface area contributed by atoms with E-state index in [1.807, 2.05) is 25.1 Å². The average Bonchev–Trinajstić information content (AvgIpc) is 3.30. The number of nitrogens with one attached hydrogen (secondary N) is 1. The lowest BCUT2D eigenvalue weighted by atomic mass is 10.2. The van der Waals surface area contributed by atoms with Gasteiger partial charge >= 0.3 is 0 Å². The number of rotatable bonds is 6. The predicted octanol–water partition coefficient (Wildman–Crippen LogP) is 2.55. The van der Waals surface area contributed by atoms with Crippen LogP contribution in [0.5, 0.6) is 5.75 Å². The molecule has 2 aliphatic rings. The minimum absolute atomic E-state index is 0.169. The fourth-order valence-electron chi connectivity index (χ4n) is 3.29. The molecule has 2 saturated heterocycles. The molecule has 0 saturated carbocycles. The summed E-state index contributed by atoms with van der Waals surface area (Å²) >= 11 is 2.65. The second kappa shape index (κ2) is 9.82. The molecule has 0 bridgehead atoms. The van der Waals surface area contributed by atoms with Gasteiger partial charge in [0.15, 0.2) is 10.3 Å². The Labute approximate surface area is 190 Å². The minimum atomic E-state index is -0.169. The van der Waals surface area contributed by atoms with E-state index in [0.29, 0.717) is 21.8 Å². The number of carbonyl (C=O) groups is 1.